The Hall–Kier alpha value is -7.43. The standard InChI is InChI=1S/C51H34N4/c1-5-17-35(18-6-1)38-23-13-24-39(33-38)43-29-15-31-45-47(43)48-44(30-16-32-46(48)55(45)42-27-11-4-12-28-42)40-25-14-26-41(34-40)51-53-49(36-19-7-2-8-20-36)52-50(54-51)37-21-9-3-10-22-37/h1-34H. The molecule has 0 N–H and O–H groups in total. The lowest BCUT2D eigenvalue weighted by Crippen LogP contribution is -2.00. The lowest BCUT2D eigenvalue weighted by atomic mass is 9.93. The Morgan fingerprint density at radius 3 is 1.15 bits per heavy atom. The van der Waals surface area contributed by atoms with Crippen LogP contribution in [-0.4, -0.2) is 19.5 Å². The summed E-state index contributed by atoms with van der Waals surface area (Å²) < 4.78 is 2.40. The van der Waals surface area contributed by atoms with Crippen LogP contribution in [0, 0.1) is 0 Å². The van der Waals surface area contributed by atoms with Crippen molar-refractivity contribution in [2.45, 2.75) is 0 Å². The largest absolute Gasteiger partial charge is 0.309 e. The second-order valence-electron chi connectivity index (χ2n) is 13.6. The molecule has 8 aromatic carbocycles. The van der Waals surface area contributed by atoms with Gasteiger partial charge >= 0.3 is 0 Å². The minimum absolute atomic E-state index is 0.631. The first-order valence-corrected chi connectivity index (χ1v) is 18.5. The lowest BCUT2D eigenvalue weighted by Gasteiger charge is -2.11. The molecule has 0 radical (unpaired) electrons. The van der Waals surface area contributed by atoms with Crippen molar-refractivity contribution in [1.82, 2.24) is 19.5 Å². The number of hydrogen-bond donors (Lipinski definition) is 0. The van der Waals surface area contributed by atoms with Crippen LogP contribution < -0.4 is 0 Å². The van der Waals surface area contributed by atoms with E-state index in [1.54, 1.807) is 0 Å². The molecule has 0 fully saturated rings. The van der Waals surface area contributed by atoms with E-state index in [1.165, 1.54) is 33.0 Å². The zero-order valence-electron chi connectivity index (χ0n) is 29.9. The predicted molar refractivity (Wildman–Crippen MR) is 227 cm³/mol. The quantitative estimate of drug-likeness (QED) is 0.166. The number of aromatic nitrogens is 4. The van der Waals surface area contributed by atoms with Gasteiger partial charge in [0.25, 0.3) is 0 Å². The van der Waals surface area contributed by atoms with Crippen LogP contribution in [0.1, 0.15) is 0 Å². The third kappa shape index (κ3) is 5.96. The Morgan fingerprint density at radius 2 is 0.636 bits per heavy atom. The van der Waals surface area contributed by atoms with Crippen LogP contribution in [0.5, 0.6) is 0 Å². The highest BCUT2D eigenvalue weighted by Gasteiger charge is 2.20. The number of nitrogens with zero attached hydrogens (tertiary/aromatic N) is 4. The number of benzene rings is 8. The van der Waals surface area contributed by atoms with Gasteiger partial charge in [0.15, 0.2) is 17.5 Å². The third-order valence-corrected chi connectivity index (χ3v) is 10.2. The summed E-state index contributed by atoms with van der Waals surface area (Å²) in [6.07, 6.45) is 0. The van der Waals surface area contributed by atoms with Crippen LogP contribution in [0.15, 0.2) is 206 Å². The molecule has 258 valence electrons. The van der Waals surface area contributed by atoms with Crippen LogP contribution in [0.4, 0.5) is 0 Å². The van der Waals surface area contributed by atoms with Gasteiger partial charge in [-0.1, -0.05) is 170 Å². The molecule has 0 atom stereocenters. The fourth-order valence-electron chi connectivity index (χ4n) is 7.70. The highest BCUT2D eigenvalue weighted by Crippen LogP contribution is 2.44. The Morgan fingerprint density at radius 1 is 0.273 bits per heavy atom. The molecule has 2 aromatic heterocycles. The summed E-state index contributed by atoms with van der Waals surface area (Å²) in [5, 5.41) is 2.41. The van der Waals surface area contributed by atoms with Gasteiger partial charge in [0.1, 0.15) is 0 Å². The molecule has 0 aliphatic rings. The van der Waals surface area contributed by atoms with Crippen LogP contribution >= 0.6 is 0 Å². The summed E-state index contributed by atoms with van der Waals surface area (Å²) in [5.74, 6) is 1.92. The summed E-state index contributed by atoms with van der Waals surface area (Å²) in [7, 11) is 0. The summed E-state index contributed by atoms with van der Waals surface area (Å²) in [6.45, 7) is 0. The Kier molecular flexibility index (Phi) is 8.12. The summed E-state index contributed by atoms with van der Waals surface area (Å²) in [5.41, 5.74) is 13.2. The Labute approximate surface area is 319 Å². The van der Waals surface area contributed by atoms with E-state index < -0.39 is 0 Å². The number of rotatable bonds is 7. The van der Waals surface area contributed by atoms with Gasteiger partial charge in [-0.15, -0.1) is 0 Å². The number of fused-ring (bicyclic) bond motifs is 3. The summed E-state index contributed by atoms with van der Waals surface area (Å²) in [6, 6.07) is 72.3. The maximum absolute atomic E-state index is 5.05. The van der Waals surface area contributed by atoms with Crippen LogP contribution in [-0.2, 0) is 0 Å². The van der Waals surface area contributed by atoms with Gasteiger partial charge in [0.05, 0.1) is 11.0 Å². The Balaban J connectivity index is 1.20. The predicted octanol–water partition coefficient (Wildman–Crippen LogP) is 13.0. The molecule has 0 saturated carbocycles. The molecule has 4 heteroatoms. The molecule has 4 nitrogen and oxygen atoms in total. The second kappa shape index (κ2) is 13.8. The van der Waals surface area contributed by atoms with Crippen LogP contribution in [0.25, 0.3) is 95.0 Å². The molecule has 0 aliphatic carbocycles. The minimum atomic E-state index is 0.631. The summed E-state index contributed by atoms with van der Waals surface area (Å²) >= 11 is 0. The van der Waals surface area contributed by atoms with E-state index in [9.17, 15) is 0 Å². The molecule has 0 bridgehead atoms. The lowest BCUT2D eigenvalue weighted by molar-refractivity contribution is 1.07. The normalized spacial score (nSPS) is 11.3. The number of para-hydroxylation sites is 1. The van der Waals surface area contributed by atoms with Gasteiger partial charge in [-0.3, -0.25) is 0 Å². The molecule has 0 amide bonds. The van der Waals surface area contributed by atoms with E-state index in [0.29, 0.717) is 17.5 Å². The molecular formula is C51H34N4. The second-order valence-corrected chi connectivity index (χ2v) is 13.6. The van der Waals surface area contributed by atoms with E-state index >= 15 is 0 Å². The zero-order valence-corrected chi connectivity index (χ0v) is 29.9. The fourth-order valence-corrected chi connectivity index (χ4v) is 7.70. The molecule has 2 heterocycles. The third-order valence-electron chi connectivity index (χ3n) is 10.2. The molecular weight excluding hydrogens is 669 g/mol. The first-order valence-electron chi connectivity index (χ1n) is 18.5. The maximum Gasteiger partial charge on any atom is 0.164 e. The van der Waals surface area contributed by atoms with Crippen LogP contribution in [0.3, 0.4) is 0 Å². The van der Waals surface area contributed by atoms with Gasteiger partial charge in [0.2, 0.25) is 0 Å². The van der Waals surface area contributed by atoms with E-state index in [-0.39, 0.29) is 0 Å². The maximum atomic E-state index is 5.05. The average molecular weight is 703 g/mol. The summed E-state index contributed by atoms with van der Waals surface area (Å²) in [4.78, 5) is 15.0. The highest BCUT2D eigenvalue weighted by atomic mass is 15.0. The average Bonchev–Trinajstić information content (AvgIpc) is 3.62. The van der Waals surface area contributed by atoms with E-state index in [4.69, 9.17) is 15.0 Å². The molecule has 0 saturated heterocycles. The van der Waals surface area contributed by atoms with Gasteiger partial charge in [-0.05, 0) is 69.8 Å². The smallest absolute Gasteiger partial charge is 0.164 e. The fraction of sp³-hybridized carbons (Fsp3) is 0. The van der Waals surface area contributed by atoms with Gasteiger partial charge < -0.3 is 4.57 Å². The van der Waals surface area contributed by atoms with Crippen molar-refractivity contribution in [3.63, 3.8) is 0 Å². The SMILES string of the molecule is c1ccc(-c2cccc(-c3cccc4c3c3c(-c5cccc(-c6nc(-c7ccccc7)nc(-c7ccccc7)n6)c5)cccc3n4-c3ccccc3)c2)cc1. The van der Waals surface area contributed by atoms with Crippen LogP contribution in [0.2, 0.25) is 0 Å². The first kappa shape index (κ1) is 32.2. The molecule has 55 heavy (non-hydrogen) atoms. The van der Waals surface area contributed by atoms with Gasteiger partial charge in [-0.2, -0.15) is 0 Å². The molecule has 10 rings (SSSR count). The monoisotopic (exact) mass is 702 g/mol. The van der Waals surface area contributed by atoms with Crippen molar-refractivity contribution in [3.05, 3.63) is 206 Å². The van der Waals surface area contributed by atoms with Crippen molar-refractivity contribution in [3.8, 4) is 73.2 Å². The first-order chi connectivity index (χ1) is 27.3. The molecule has 10 aromatic rings. The van der Waals surface area contributed by atoms with Crippen molar-refractivity contribution in [2.24, 2.45) is 0 Å². The Bertz CT molecular complexity index is 2900. The van der Waals surface area contributed by atoms with Crippen molar-refractivity contribution < 1.29 is 0 Å². The molecule has 0 spiro atoms. The molecule has 0 unspecified atom stereocenters. The van der Waals surface area contributed by atoms with E-state index in [1.807, 2.05) is 60.7 Å². The zero-order chi connectivity index (χ0) is 36.6. The van der Waals surface area contributed by atoms with E-state index in [2.05, 4.69) is 150 Å². The number of hydrogen-bond acceptors (Lipinski definition) is 3. The minimum Gasteiger partial charge on any atom is -0.309 e. The van der Waals surface area contributed by atoms with Crippen molar-refractivity contribution >= 4 is 21.8 Å². The van der Waals surface area contributed by atoms with Crippen molar-refractivity contribution in [2.75, 3.05) is 0 Å². The van der Waals surface area contributed by atoms with Gasteiger partial charge in [0, 0.05) is 33.2 Å². The highest BCUT2D eigenvalue weighted by molar-refractivity contribution is 6.20. The van der Waals surface area contributed by atoms with Gasteiger partial charge in [-0.25, -0.2) is 15.0 Å². The van der Waals surface area contributed by atoms with Crippen molar-refractivity contribution in [1.29, 1.82) is 0 Å². The molecule has 0 aliphatic heterocycles. The topological polar surface area (TPSA) is 43.6 Å². The van der Waals surface area contributed by atoms with E-state index in [0.717, 1.165) is 44.5 Å².